The number of amides is 1. The number of benzene rings is 1. The lowest BCUT2D eigenvalue weighted by atomic mass is 10.2. The van der Waals surface area contributed by atoms with Crippen LogP contribution in [0.5, 0.6) is 0 Å². The molecule has 11 heteroatoms. The first-order chi connectivity index (χ1) is 13.7. The topological polar surface area (TPSA) is 82.9 Å². The molecule has 1 amide bonds. The number of carbonyl (C=O) groups is 1. The highest BCUT2D eigenvalue weighted by molar-refractivity contribution is 7.89. The van der Waals surface area contributed by atoms with E-state index < -0.39 is 21.8 Å². The number of hydrogen-bond acceptors (Lipinski definition) is 5. The molecule has 1 aliphatic heterocycles. The van der Waals surface area contributed by atoms with Gasteiger partial charge in [-0.25, -0.2) is 8.42 Å². The zero-order valence-corrected chi connectivity index (χ0v) is 16.2. The summed E-state index contributed by atoms with van der Waals surface area (Å²) in [6, 6.07) is 6.90. The van der Waals surface area contributed by atoms with Gasteiger partial charge in [-0.1, -0.05) is 0 Å². The van der Waals surface area contributed by atoms with E-state index in [0.29, 0.717) is 18.8 Å². The second kappa shape index (κ2) is 8.56. The van der Waals surface area contributed by atoms with Gasteiger partial charge in [-0.05, 0) is 36.4 Å². The van der Waals surface area contributed by atoms with E-state index in [1.165, 1.54) is 10.6 Å². The summed E-state index contributed by atoms with van der Waals surface area (Å²) in [5.41, 5.74) is -0.901. The predicted molar refractivity (Wildman–Crippen MR) is 97.2 cm³/mol. The number of alkyl halides is 3. The van der Waals surface area contributed by atoms with Gasteiger partial charge in [0.2, 0.25) is 15.9 Å². The van der Waals surface area contributed by atoms with E-state index in [4.69, 9.17) is 4.42 Å². The van der Waals surface area contributed by atoms with Gasteiger partial charge in [0, 0.05) is 26.2 Å². The molecule has 1 fully saturated rings. The third-order valence-corrected chi connectivity index (χ3v) is 6.47. The van der Waals surface area contributed by atoms with Crippen LogP contribution in [0.1, 0.15) is 11.3 Å². The Kier molecular flexibility index (Phi) is 6.30. The highest BCUT2D eigenvalue weighted by Crippen LogP contribution is 2.30. The fourth-order valence-electron chi connectivity index (χ4n) is 2.95. The molecule has 0 bridgehead atoms. The summed E-state index contributed by atoms with van der Waals surface area (Å²) in [5.74, 6) is 0.422. The quantitative estimate of drug-likeness (QED) is 0.756. The minimum Gasteiger partial charge on any atom is -0.467 e. The molecule has 0 spiro atoms. The molecule has 2 aromatic rings. The van der Waals surface area contributed by atoms with Crippen molar-refractivity contribution in [2.24, 2.45) is 0 Å². The van der Waals surface area contributed by atoms with E-state index in [9.17, 15) is 26.4 Å². The summed E-state index contributed by atoms with van der Waals surface area (Å²) in [5, 5.41) is 2.72. The van der Waals surface area contributed by atoms with Gasteiger partial charge in [0.25, 0.3) is 0 Å². The molecule has 1 aromatic heterocycles. The number of furan rings is 1. The van der Waals surface area contributed by atoms with Crippen molar-refractivity contribution in [3.05, 3.63) is 54.0 Å². The Hall–Kier alpha value is -2.37. The molecule has 7 nitrogen and oxygen atoms in total. The molecular weight excluding hydrogens is 411 g/mol. The number of rotatable bonds is 6. The molecule has 0 saturated carbocycles. The Morgan fingerprint density at radius 3 is 2.28 bits per heavy atom. The average molecular weight is 431 g/mol. The largest absolute Gasteiger partial charge is 0.467 e. The lowest BCUT2D eigenvalue weighted by Gasteiger charge is -2.33. The van der Waals surface area contributed by atoms with Crippen LogP contribution in [0.15, 0.2) is 52.0 Å². The highest BCUT2D eigenvalue weighted by Gasteiger charge is 2.32. The molecule has 1 N–H and O–H groups in total. The lowest BCUT2D eigenvalue weighted by molar-refractivity contribution is -0.137. The Morgan fingerprint density at radius 1 is 1.07 bits per heavy atom. The predicted octanol–water partition coefficient (Wildman–Crippen LogP) is 1.92. The van der Waals surface area contributed by atoms with E-state index in [0.717, 1.165) is 24.3 Å². The molecule has 3 rings (SSSR count). The van der Waals surface area contributed by atoms with Crippen molar-refractivity contribution in [1.29, 1.82) is 0 Å². The minimum atomic E-state index is -4.52. The van der Waals surface area contributed by atoms with E-state index in [2.05, 4.69) is 5.32 Å². The van der Waals surface area contributed by atoms with Gasteiger partial charge < -0.3 is 9.73 Å². The van der Waals surface area contributed by atoms with Crippen molar-refractivity contribution in [1.82, 2.24) is 14.5 Å². The summed E-state index contributed by atoms with van der Waals surface area (Å²) < 4.78 is 69.6. The zero-order valence-electron chi connectivity index (χ0n) is 15.4. The van der Waals surface area contributed by atoms with E-state index in [1.54, 1.807) is 12.1 Å². The highest BCUT2D eigenvalue weighted by atomic mass is 32.2. The molecule has 0 atom stereocenters. The van der Waals surface area contributed by atoms with E-state index in [-0.39, 0.29) is 37.0 Å². The summed E-state index contributed by atoms with van der Waals surface area (Å²) in [7, 11) is -3.89. The maximum Gasteiger partial charge on any atom is 0.416 e. The van der Waals surface area contributed by atoms with Gasteiger partial charge in [-0.3, -0.25) is 9.69 Å². The number of hydrogen-bond donors (Lipinski definition) is 1. The first-order valence-corrected chi connectivity index (χ1v) is 10.3. The maximum absolute atomic E-state index is 12.6. The Balaban J connectivity index is 1.52. The SMILES string of the molecule is O=C(CN1CCN(S(=O)(=O)c2ccc(C(F)(F)F)cc2)CC1)NCc1ccco1. The van der Waals surface area contributed by atoms with Crippen molar-refractivity contribution in [2.45, 2.75) is 17.6 Å². The molecule has 29 heavy (non-hydrogen) atoms. The van der Waals surface area contributed by atoms with Crippen LogP contribution >= 0.6 is 0 Å². The summed E-state index contributed by atoms with van der Waals surface area (Å²) in [6.07, 6.45) is -3.01. The first kappa shape index (κ1) is 21.3. The fraction of sp³-hybridized carbons (Fsp3) is 0.389. The first-order valence-electron chi connectivity index (χ1n) is 8.85. The molecule has 2 heterocycles. The number of carbonyl (C=O) groups excluding carboxylic acids is 1. The van der Waals surface area contributed by atoms with Gasteiger partial charge in [-0.15, -0.1) is 0 Å². The monoisotopic (exact) mass is 431 g/mol. The van der Waals surface area contributed by atoms with Crippen LogP contribution in [0.25, 0.3) is 0 Å². The van der Waals surface area contributed by atoms with Crippen LogP contribution in [0, 0.1) is 0 Å². The fourth-order valence-corrected chi connectivity index (χ4v) is 4.37. The van der Waals surface area contributed by atoms with Crippen molar-refractivity contribution >= 4 is 15.9 Å². The third kappa shape index (κ3) is 5.37. The van der Waals surface area contributed by atoms with Gasteiger partial charge in [0.15, 0.2) is 0 Å². The Labute approximate surface area is 166 Å². The van der Waals surface area contributed by atoms with Crippen LogP contribution in [-0.4, -0.2) is 56.3 Å². The molecular formula is C18H20F3N3O4S. The number of nitrogens with one attached hydrogen (secondary N) is 1. The standard InChI is InChI=1S/C18H20F3N3O4S/c19-18(20,21)14-3-5-16(6-4-14)29(26,27)24-9-7-23(8-10-24)13-17(25)22-12-15-2-1-11-28-15/h1-6,11H,7-10,12-13H2,(H,22,25). The molecule has 1 aliphatic rings. The molecule has 0 radical (unpaired) electrons. The normalized spacial score (nSPS) is 16.7. The van der Waals surface area contributed by atoms with Crippen LogP contribution < -0.4 is 5.32 Å². The van der Waals surface area contributed by atoms with Crippen molar-refractivity contribution in [3.63, 3.8) is 0 Å². The number of halogens is 3. The second-order valence-corrected chi connectivity index (χ2v) is 8.50. The number of sulfonamides is 1. The Bertz CT molecular complexity index is 920. The molecule has 1 saturated heterocycles. The molecule has 0 unspecified atom stereocenters. The maximum atomic E-state index is 12.6. The molecule has 0 aliphatic carbocycles. The number of nitrogens with zero attached hydrogens (tertiary/aromatic N) is 2. The van der Waals surface area contributed by atoms with Crippen LogP contribution in [0.4, 0.5) is 13.2 Å². The van der Waals surface area contributed by atoms with Crippen molar-refractivity contribution in [3.8, 4) is 0 Å². The average Bonchev–Trinajstić information content (AvgIpc) is 3.20. The smallest absolute Gasteiger partial charge is 0.416 e. The van der Waals surface area contributed by atoms with Crippen LogP contribution in [0.3, 0.4) is 0 Å². The Morgan fingerprint density at radius 2 is 1.72 bits per heavy atom. The summed E-state index contributed by atoms with van der Waals surface area (Å²) >= 11 is 0. The zero-order chi connectivity index (χ0) is 21.1. The van der Waals surface area contributed by atoms with Gasteiger partial charge >= 0.3 is 6.18 Å². The second-order valence-electron chi connectivity index (χ2n) is 6.56. The van der Waals surface area contributed by atoms with Crippen LogP contribution in [-0.2, 0) is 27.5 Å². The summed E-state index contributed by atoms with van der Waals surface area (Å²) in [6.45, 7) is 1.37. The lowest BCUT2D eigenvalue weighted by Crippen LogP contribution is -2.50. The molecule has 1 aromatic carbocycles. The van der Waals surface area contributed by atoms with Gasteiger partial charge in [0.1, 0.15) is 5.76 Å². The van der Waals surface area contributed by atoms with Gasteiger partial charge in [-0.2, -0.15) is 17.5 Å². The third-order valence-electron chi connectivity index (χ3n) is 4.56. The van der Waals surface area contributed by atoms with E-state index in [1.807, 2.05) is 4.90 Å². The van der Waals surface area contributed by atoms with Gasteiger partial charge in [0.05, 0.1) is 29.8 Å². The van der Waals surface area contributed by atoms with E-state index >= 15 is 0 Å². The minimum absolute atomic E-state index is 0.120. The molecule has 158 valence electrons. The van der Waals surface area contributed by atoms with Crippen LogP contribution in [0.2, 0.25) is 0 Å². The van der Waals surface area contributed by atoms with Crippen molar-refractivity contribution in [2.75, 3.05) is 32.7 Å². The summed E-state index contributed by atoms with van der Waals surface area (Å²) in [4.78, 5) is 13.6. The van der Waals surface area contributed by atoms with Crippen molar-refractivity contribution < 1.29 is 30.8 Å². The number of piperazine rings is 1.